The summed E-state index contributed by atoms with van der Waals surface area (Å²) in [4.78, 5) is 2.56. The van der Waals surface area contributed by atoms with Crippen molar-refractivity contribution in [3.8, 4) is 0 Å². The Morgan fingerprint density at radius 3 is 2.79 bits per heavy atom. The van der Waals surface area contributed by atoms with Gasteiger partial charge in [-0.2, -0.15) is 0 Å². The molecule has 1 heterocycles. The van der Waals surface area contributed by atoms with E-state index in [-0.39, 0.29) is 6.10 Å². The van der Waals surface area contributed by atoms with Crippen molar-refractivity contribution < 1.29 is 13.9 Å². The topological polar surface area (TPSA) is 30.9 Å². The van der Waals surface area contributed by atoms with E-state index < -0.39 is 17.1 Å². The number of hydrogen-bond acceptors (Lipinski definition) is 4. The summed E-state index contributed by atoms with van der Waals surface area (Å²) in [6.07, 6.45) is 4.37. The van der Waals surface area contributed by atoms with Gasteiger partial charge in [-0.15, -0.1) is 6.58 Å². The average Bonchev–Trinajstić information content (AvgIpc) is 2.48. The summed E-state index contributed by atoms with van der Waals surface area (Å²) in [5.41, 5.74) is 0.452. The van der Waals surface area contributed by atoms with Crippen molar-refractivity contribution in [2.24, 2.45) is 0 Å². The number of hydrogen-bond donors (Lipinski definition) is 0. The molecule has 1 rings (SSSR count). The highest BCUT2D eigenvalue weighted by Gasteiger charge is 2.30. The fraction of sp³-hybridized carbons (Fsp3) is 0.889. The summed E-state index contributed by atoms with van der Waals surface area (Å²) in [5, 5.41) is 0. The minimum absolute atomic E-state index is 0.186. The summed E-state index contributed by atoms with van der Waals surface area (Å²) in [6.45, 7) is 20.5. The van der Waals surface area contributed by atoms with Crippen LogP contribution in [0.3, 0.4) is 0 Å². The lowest BCUT2D eigenvalue weighted by Gasteiger charge is -2.37. The van der Waals surface area contributed by atoms with Gasteiger partial charge in [0, 0.05) is 25.4 Å². The van der Waals surface area contributed by atoms with Gasteiger partial charge in [0.15, 0.2) is 8.32 Å². The van der Waals surface area contributed by atoms with E-state index in [4.69, 9.17) is 13.9 Å². The number of rotatable bonds is 10. The van der Waals surface area contributed by atoms with E-state index in [0.717, 1.165) is 26.1 Å². The third kappa shape index (κ3) is 8.92. The summed E-state index contributed by atoms with van der Waals surface area (Å²) < 4.78 is 18.1. The Balaban J connectivity index is 2.57. The van der Waals surface area contributed by atoms with Gasteiger partial charge in [0.2, 0.25) is 0 Å². The zero-order valence-corrected chi connectivity index (χ0v) is 18.5. The maximum Gasteiger partial charge on any atom is 0.187 e. The molecule has 6 heteroatoms. The third-order valence-corrected chi connectivity index (χ3v) is 8.73. The summed E-state index contributed by atoms with van der Waals surface area (Å²) in [5.74, 6) is 0. The van der Waals surface area contributed by atoms with E-state index >= 15 is 0 Å². The molecule has 141 valence electrons. The molecule has 0 bridgehead atoms. The second-order valence-corrected chi connectivity index (χ2v) is 14.6. The van der Waals surface area contributed by atoms with Crippen molar-refractivity contribution in [2.75, 3.05) is 39.5 Å². The molecule has 1 radical (unpaired) electrons. The summed E-state index contributed by atoms with van der Waals surface area (Å²) in [6, 6.07) is 1.23. The van der Waals surface area contributed by atoms with Crippen LogP contribution in [0.2, 0.25) is 32.2 Å². The Bertz CT molecular complexity index is 353. The molecule has 1 aliphatic rings. The zero-order valence-electron chi connectivity index (χ0n) is 16.5. The minimum atomic E-state index is -1.55. The molecule has 0 aromatic heterocycles. The Kier molecular flexibility index (Phi) is 10.7. The second-order valence-electron chi connectivity index (χ2n) is 7.54. The second kappa shape index (κ2) is 11.6. The van der Waals surface area contributed by atoms with E-state index in [2.05, 4.69) is 44.6 Å². The molecule has 1 fully saturated rings. The van der Waals surface area contributed by atoms with E-state index in [1.165, 1.54) is 19.0 Å². The van der Waals surface area contributed by atoms with Crippen molar-refractivity contribution in [3.05, 3.63) is 12.7 Å². The Hall–Kier alpha value is 0.0138. The molecule has 0 saturated carbocycles. The smallest absolute Gasteiger partial charge is 0.187 e. The van der Waals surface area contributed by atoms with Gasteiger partial charge in [-0.1, -0.05) is 19.2 Å². The van der Waals surface area contributed by atoms with Gasteiger partial charge in [-0.25, -0.2) is 0 Å². The SMILES string of the molecule is C=CCOCC1CN(CCC(OCC)[Si](C)C)CCC[Si](C)(C)O1. The number of ether oxygens (including phenoxy) is 2. The molecule has 0 spiro atoms. The van der Waals surface area contributed by atoms with Crippen molar-refractivity contribution in [1.82, 2.24) is 4.90 Å². The average molecular weight is 373 g/mol. The van der Waals surface area contributed by atoms with Crippen molar-refractivity contribution >= 4 is 17.1 Å². The van der Waals surface area contributed by atoms with Gasteiger partial charge in [0.1, 0.15) is 0 Å². The van der Waals surface area contributed by atoms with Gasteiger partial charge < -0.3 is 18.8 Å². The van der Waals surface area contributed by atoms with Gasteiger partial charge in [-0.3, -0.25) is 0 Å². The van der Waals surface area contributed by atoms with Crippen molar-refractivity contribution in [2.45, 2.75) is 63.8 Å². The minimum Gasteiger partial charge on any atom is -0.411 e. The first kappa shape index (κ1) is 22.1. The fourth-order valence-electron chi connectivity index (χ4n) is 3.27. The van der Waals surface area contributed by atoms with Gasteiger partial charge in [0.25, 0.3) is 0 Å². The monoisotopic (exact) mass is 372 g/mol. The van der Waals surface area contributed by atoms with Crippen LogP contribution in [0.5, 0.6) is 0 Å². The molecule has 2 atom stereocenters. The van der Waals surface area contributed by atoms with Crippen LogP contribution in [0.4, 0.5) is 0 Å². The van der Waals surface area contributed by atoms with E-state index in [9.17, 15) is 0 Å². The third-order valence-electron chi connectivity index (χ3n) is 4.46. The molecule has 1 aliphatic heterocycles. The maximum absolute atomic E-state index is 6.47. The highest BCUT2D eigenvalue weighted by Crippen LogP contribution is 2.21. The van der Waals surface area contributed by atoms with E-state index in [0.29, 0.717) is 18.9 Å². The van der Waals surface area contributed by atoms with Crippen molar-refractivity contribution in [3.63, 3.8) is 0 Å². The highest BCUT2D eigenvalue weighted by atomic mass is 28.4. The molecule has 4 nitrogen and oxygen atoms in total. The standard InChI is InChI=1S/C18H38NO3Si2/c1-7-13-20-16-17-15-19(11-9-14-24(5,6)22-17)12-10-18(21-8-2)23(3)4/h7,17-18H,1,8-16H2,2-6H3. The normalized spacial score (nSPS) is 23.7. The van der Waals surface area contributed by atoms with Crippen LogP contribution in [-0.2, 0) is 13.9 Å². The molecular weight excluding hydrogens is 334 g/mol. The quantitative estimate of drug-likeness (QED) is 0.333. The molecule has 1 saturated heterocycles. The highest BCUT2D eigenvalue weighted by molar-refractivity contribution is 6.71. The maximum atomic E-state index is 6.47. The molecule has 0 N–H and O–H groups in total. The van der Waals surface area contributed by atoms with E-state index in [1.54, 1.807) is 0 Å². The summed E-state index contributed by atoms with van der Waals surface area (Å²) >= 11 is 0. The first-order valence-electron chi connectivity index (χ1n) is 9.38. The lowest BCUT2D eigenvalue weighted by molar-refractivity contribution is 0.0267. The van der Waals surface area contributed by atoms with Crippen molar-refractivity contribution in [1.29, 1.82) is 0 Å². The van der Waals surface area contributed by atoms with Crippen LogP contribution >= 0.6 is 0 Å². The lowest BCUT2D eigenvalue weighted by Crippen LogP contribution is -2.47. The molecule has 24 heavy (non-hydrogen) atoms. The first-order valence-corrected chi connectivity index (χ1v) is 15.1. The molecule has 0 aliphatic carbocycles. The van der Waals surface area contributed by atoms with Gasteiger partial charge in [-0.05, 0) is 45.4 Å². The number of nitrogens with zero attached hydrogens (tertiary/aromatic N) is 1. The first-order chi connectivity index (χ1) is 11.4. The van der Waals surface area contributed by atoms with Crippen LogP contribution in [0.15, 0.2) is 12.7 Å². The van der Waals surface area contributed by atoms with Crippen LogP contribution in [0, 0.1) is 0 Å². The predicted octanol–water partition coefficient (Wildman–Crippen LogP) is 3.57. The predicted molar refractivity (Wildman–Crippen MR) is 107 cm³/mol. The molecule has 2 unspecified atom stereocenters. The van der Waals surface area contributed by atoms with Crippen LogP contribution in [0.1, 0.15) is 19.8 Å². The molecule has 0 aromatic carbocycles. The summed E-state index contributed by atoms with van der Waals surface area (Å²) in [7, 11) is -1.96. The molecule has 0 amide bonds. The van der Waals surface area contributed by atoms with Crippen LogP contribution in [0.25, 0.3) is 0 Å². The van der Waals surface area contributed by atoms with Crippen LogP contribution < -0.4 is 0 Å². The van der Waals surface area contributed by atoms with Gasteiger partial charge in [0.05, 0.1) is 28.1 Å². The molecule has 0 aromatic rings. The van der Waals surface area contributed by atoms with E-state index in [1.807, 2.05) is 6.08 Å². The zero-order chi connectivity index (χ0) is 18.0. The van der Waals surface area contributed by atoms with Crippen LogP contribution in [-0.4, -0.2) is 73.3 Å². The largest absolute Gasteiger partial charge is 0.411 e. The Morgan fingerprint density at radius 1 is 1.42 bits per heavy atom. The Morgan fingerprint density at radius 2 is 2.17 bits per heavy atom. The van der Waals surface area contributed by atoms with Gasteiger partial charge >= 0.3 is 0 Å². The fourth-order valence-corrected chi connectivity index (χ4v) is 6.65. The molecular formula is C18H38NO3Si2. The Labute approximate surface area is 152 Å². The lowest BCUT2D eigenvalue weighted by atomic mass is 10.3.